The summed E-state index contributed by atoms with van der Waals surface area (Å²) in [5, 5.41) is 5.62. The first-order valence-corrected chi connectivity index (χ1v) is 8.66. The van der Waals surface area contributed by atoms with Crippen LogP contribution in [0.4, 0.5) is 10.5 Å². The number of carbonyl (C=O) groups excluding carboxylic acids is 3. The van der Waals surface area contributed by atoms with Crippen LogP contribution in [0.1, 0.15) is 28.8 Å². The molecule has 1 aliphatic heterocycles. The lowest BCUT2D eigenvalue weighted by molar-refractivity contribution is -0.122. The van der Waals surface area contributed by atoms with Crippen LogP contribution >= 0.6 is 0 Å². The number of urea groups is 1. The first-order valence-electron chi connectivity index (χ1n) is 8.66. The summed E-state index contributed by atoms with van der Waals surface area (Å²) in [7, 11) is 1.57. The number of nitrogens with two attached hydrogens (primary N) is 1. The Balaban J connectivity index is 1.99. The number of nitrogens with one attached hydrogen (secondary N) is 2. The van der Waals surface area contributed by atoms with Crippen molar-refractivity contribution in [2.24, 2.45) is 11.7 Å². The van der Waals surface area contributed by atoms with Gasteiger partial charge in [-0.2, -0.15) is 0 Å². The van der Waals surface area contributed by atoms with Gasteiger partial charge >= 0.3 is 6.03 Å². The summed E-state index contributed by atoms with van der Waals surface area (Å²) in [4.78, 5) is 37.6. The Labute approximate surface area is 153 Å². The van der Waals surface area contributed by atoms with Gasteiger partial charge in [0.15, 0.2) is 0 Å². The minimum absolute atomic E-state index is 0.167. The molecule has 1 aliphatic rings. The van der Waals surface area contributed by atoms with E-state index < -0.39 is 0 Å². The summed E-state index contributed by atoms with van der Waals surface area (Å²) < 4.78 is 4.92. The monoisotopic (exact) mass is 362 g/mol. The molecule has 8 nitrogen and oxygen atoms in total. The maximum Gasteiger partial charge on any atom is 0.321 e. The second kappa shape index (κ2) is 9.19. The number of hydrogen-bond acceptors (Lipinski definition) is 4. The van der Waals surface area contributed by atoms with Gasteiger partial charge < -0.3 is 26.0 Å². The summed E-state index contributed by atoms with van der Waals surface area (Å²) in [5.74, 6) is -0.689. The molecule has 4 N–H and O–H groups in total. The molecule has 0 aromatic heterocycles. The number of amides is 4. The molecule has 0 unspecified atom stereocenters. The molecule has 0 aliphatic carbocycles. The van der Waals surface area contributed by atoms with Crippen molar-refractivity contribution in [2.75, 3.05) is 38.7 Å². The maximum atomic E-state index is 12.5. The second-order valence-electron chi connectivity index (χ2n) is 6.32. The predicted octanol–water partition coefficient (Wildman–Crippen LogP) is 1.10. The highest BCUT2D eigenvalue weighted by atomic mass is 16.5. The zero-order valence-electron chi connectivity index (χ0n) is 15.2. The molecular formula is C18H26N4O4. The van der Waals surface area contributed by atoms with Gasteiger partial charge in [0, 0.05) is 43.9 Å². The second-order valence-corrected chi connectivity index (χ2v) is 6.32. The van der Waals surface area contributed by atoms with Crippen LogP contribution in [-0.4, -0.2) is 56.1 Å². The van der Waals surface area contributed by atoms with Gasteiger partial charge in [-0.15, -0.1) is 0 Å². The van der Waals surface area contributed by atoms with Gasteiger partial charge in [0.2, 0.25) is 5.91 Å². The minimum Gasteiger partial charge on any atom is -0.383 e. The number of hydrogen-bond donors (Lipinski definition) is 3. The van der Waals surface area contributed by atoms with Gasteiger partial charge in [0.25, 0.3) is 5.91 Å². The first kappa shape index (κ1) is 19.7. The van der Waals surface area contributed by atoms with Crippen molar-refractivity contribution in [1.29, 1.82) is 0 Å². The van der Waals surface area contributed by atoms with Crippen molar-refractivity contribution >= 4 is 23.5 Å². The molecule has 0 radical (unpaired) electrons. The maximum absolute atomic E-state index is 12.5. The molecule has 0 bridgehead atoms. The van der Waals surface area contributed by atoms with Crippen LogP contribution < -0.4 is 16.4 Å². The molecule has 0 saturated carbocycles. The number of ether oxygens (including phenoxy) is 1. The average Bonchev–Trinajstić information content (AvgIpc) is 2.63. The molecule has 1 fully saturated rings. The van der Waals surface area contributed by atoms with Crippen molar-refractivity contribution in [1.82, 2.24) is 10.2 Å². The van der Waals surface area contributed by atoms with Gasteiger partial charge in [-0.25, -0.2) is 4.79 Å². The molecule has 1 heterocycles. The minimum atomic E-state index is -0.312. The number of methoxy groups -OCH3 is 1. The summed E-state index contributed by atoms with van der Waals surface area (Å²) in [6.07, 6.45) is 1.15. The fraction of sp³-hybridized carbons (Fsp3) is 0.500. The normalized spacial score (nSPS) is 14.8. The van der Waals surface area contributed by atoms with Crippen LogP contribution in [0.15, 0.2) is 18.2 Å². The third-order valence-electron chi connectivity index (χ3n) is 4.60. The van der Waals surface area contributed by atoms with E-state index in [4.69, 9.17) is 10.5 Å². The van der Waals surface area contributed by atoms with Crippen molar-refractivity contribution in [3.8, 4) is 0 Å². The van der Waals surface area contributed by atoms with E-state index in [1.165, 1.54) is 0 Å². The highest BCUT2D eigenvalue weighted by Crippen LogP contribution is 2.21. The zero-order chi connectivity index (χ0) is 19.1. The number of primary amides is 1. The summed E-state index contributed by atoms with van der Waals surface area (Å²) >= 11 is 0. The Kier molecular flexibility index (Phi) is 6.97. The molecule has 4 amide bonds. The van der Waals surface area contributed by atoms with E-state index >= 15 is 0 Å². The fourth-order valence-electron chi connectivity index (χ4n) is 2.94. The van der Waals surface area contributed by atoms with Gasteiger partial charge in [-0.3, -0.25) is 9.59 Å². The van der Waals surface area contributed by atoms with Gasteiger partial charge in [0.1, 0.15) is 0 Å². The Morgan fingerprint density at radius 2 is 1.96 bits per heavy atom. The van der Waals surface area contributed by atoms with E-state index in [0.717, 1.165) is 0 Å². The molecule has 0 atom stereocenters. The SMILES string of the molecule is COCCNC(=O)c1cccc(NC(=O)N2CCC(C(N)=O)CC2)c1C. The smallest absolute Gasteiger partial charge is 0.321 e. The number of nitrogens with zero attached hydrogens (tertiary/aromatic N) is 1. The number of piperidine rings is 1. The zero-order valence-corrected chi connectivity index (χ0v) is 15.2. The molecule has 0 spiro atoms. The van der Waals surface area contributed by atoms with Crippen molar-refractivity contribution in [3.05, 3.63) is 29.3 Å². The Bertz CT molecular complexity index is 669. The number of carbonyl (C=O) groups is 3. The topological polar surface area (TPSA) is 114 Å². The van der Waals surface area contributed by atoms with Crippen LogP contribution in [0.2, 0.25) is 0 Å². The van der Waals surface area contributed by atoms with E-state index in [-0.39, 0.29) is 23.8 Å². The summed E-state index contributed by atoms with van der Waals surface area (Å²) in [6, 6.07) is 4.96. The van der Waals surface area contributed by atoms with Gasteiger partial charge in [-0.1, -0.05) is 6.07 Å². The lowest BCUT2D eigenvalue weighted by atomic mass is 9.96. The molecule has 1 saturated heterocycles. The molecule has 142 valence electrons. The summed E-state index contributed by atoms with van der Waals surface area (Å²) in [5.41, 5.74) is 7.11. The third-order valence-corrected chi connectivity index (χ3v) is 4.60. The fourth-order valence-corrected chi connectivity index (χ4v) is 2.94. The van der Waals surface area contributed by atoms with E-state index in [1.54, 1.807) is 37.1 Å². The number of likely N-dealkylation sites (tertiary alicyclic amines) is 1. The Hall–Kier alpha value is -2.61. The standard InChI is InChI=1S/C18H26N4O4/c1-12-14(17(24)20-8-11-26-2)4-3-5-15(12)21-18(25)22-9-6-13(7-10-22)16(19)23/h3-5,13H,6-11H2,1-2H3,(H2,19,23)(H,20,24)(H,21,25). The molecule has 1 aromatic rings. The van der Waals surface area contributed by atoms with Gasteiger partial charge in [0.05, 0.1) is 6.61 Å². The van der Waals surface area contributed by atoms with Crippen LogP contribution in [0.3, 0.4) is 0 Å². The van der Waals surface area contributed by atoms with E-state index in [9.17, 15) is 14.4 Å². The Morgan fingerprint density at radius 3 is 2.58 bits per heavy atom. The lowest BCUT2D eigenvalue weighted by Gasteiger charge is -2.30. The number of anilines is 1. The Morgan fingerprint density at radius 1 is 1.27 bits per heavy atom. The van der Waals surface area contributed by atoms with Crippen LogP contribution in [0, 0.1) is 12.8 Å². The van der Waals surface area contributed by atoms with Crippen LogP contribution in [-0.2, 0) is 9.53 Å². The average molecular weight is 362 g/mol. The molecule has 1 aromatic carbocycles. The van der Waals surface area contributed by atoms with Crippen molar-refractivity contribution in [3.63, 3.8) is 0 Å². The molecule has 8 heteroatoms. The van der Waals surface area contributed by atoms with Gasteiger partial charge in [-0.05, 0) is 37.5 Å². The highest BCUT2D eigenvalue weighted by molar-refractivity contribution is 5.99. The molecule has 2 rings (SSSR count). The van der Waals surface area contributed by atoms with Crippen molar-refractivity contribution < 1.29 is 19.1 Å². The highest BCUT2D eigenvalue weighted by Gasteiger charge is 2.26. The van der Waals surface area contributed by atoms with Crippen molar-refractivity contribution in [2.45, 2.75) is 19.8 Å². The molecular weight excluding hydrogens is 336 g/mol. The largest absolute Gasteiger partial charge is 0.383 e. The first-order chi connectivity index (χ1) is 12.4. The third kappa shape index (κ3) is 4.95. The number of benzene rings is 1. The van der Waals surface area contributed by atoms with E-state index in [0.29, 0.717) is 55.9 Å². The molecule has 26 heavy (non-hydrogen) atoms. The predicted molar refractivity (Wildman–Crippen MR) is 97.9 cm³/mol. The van der Waals surface area contributed by atoms with E-state index in [1.807, 2.05) is 0 Å². The van der Waals surface area contributed by atoms with Crippen LogP contribution in [0.25, 0.3) is 0 Å². The number of rotatable bonds is 6. The van der Waals surface area contributed by atoms with Crippen LogP contribution in [0.5, 0.6) is 0 Å². The lowest BCUT2D eigenvalue weighted by Crippen LogP contribution is -2.43. The van der Waals surface area contributed by atoms with E-state index in [2.05, 4.69) is 10.6 Å². The summed E-state index contributed by atoms with van der Waals surface area (Å²) in [6.45, 7) is 3.61. The quantitative estimate of drug-likeness (QED) is 0.658.